The topological polar surface area (TPSA) is 104 Å². The number of benzene rings is 2. The molecule has 2 aromatic rings. The zero-order valence-electron chi connectivity index (χ0n) is 11.0. The molecule has 0 spiro atoms. The molecule has 0 heterocycles. The Morgan fingerprint density at radius 2 is 1.55 bits per heavy atom. The number of aromatic carboxylic acids is 2. The van der Waals surface area contributed by atoms with Gasteiger partial charge in [-0.3, -0.25) is 4.79 Å². The molecule has 0 saturated heterocycles. The van der Waals surface area contributed by atoms with Crippen LogP contribution in [-0.2, 0) is 0 Å². The van der Waals surface area contributed by atoms with E-state index in [1.165, 1.54) is 6.07 Å². The number of para-hydroxylation sites is 1. The Balaban J connectivity index is 2.35. The average molecular weight is 320 g/mol. The molecule has 6 nitrogen and oxygen atoms in total. The van der Waals surface area contributed by atoms with E-state index in [0.29, 0.717) is 10.7 Å². The average Bonchev–Trinajstić information content (AvgIpc) is 2.48. The van der Waals surface area contributed by atoms with E-state index in [-0.39, 0.29) is 11.1 Å². The molecule has 112 valence electrons. The Kier molecular flexibility index (Phi) is 4.43. The lowest BCUT2D eigenvalue weighted by Crippen LogP contribution is -2.15. The Morgan fingerprint density at radius 3 is 2.14 bits per heavy atom. The SMILES string of the molecule is O=C(Nc1ccccc1Cl)c1ccc(C(=O)O)c(C(=O)O)c1. The number of hydrogen-bond acceptors (Lipinski definition) is 3. The number of anilines is 1. The number of carboxylic acids is 2. The molecule has 0 aliphatic rings. The fourth-order valence-electron chi connectivity index (χ4n) is 1.81. The van der Waals surface area contributed by atoms with Crippen LogP contribution in [0.1, 0.15) is 31.1 Å². The summed E-state index contributed by atoms with van der Waals surface area (Å²) in [6.07, 6.45) is 0. The normalized spacial score (nSPS) is 10.0. The highest BCUT2D eigenvalue weighted by atomic mass is 35.5. The fraction of sp³-hybridized carbons (Fsp3) is 0. The maximum atomic E-state index is 12.1. The van der Waals surface area contributed by atoms with Gasteiger partial charge in [0, 0.05) is 5.56 Å². The Labute approximate surface area is 130 Å². The van der Waals surface area contributed by atoms with Gasteiger partial charge in [-0.25, -0.2) is 9.59 Å². The van der Waals surface area contributed by atoms with Gasteiger partial charge in [-0.15, -0.1) is 0 Å². The van der Waals surface area contributed by atoms with Crippen molar-refractivity contribution in [2.24, 2.45) is 0 Å². The van der Waals surface area contributed by atoms with Crippen molar-refractivity contribution in [1.29, 1.82) is 0 Å². The summed E-state index contributed by atoms with van der Waals surface area (Å²) in [5.41, 5.74) is -0.461. The van der Waals surface area contributed by atoms with E-state index in [1.807, 2.05) is 0 Å². The lowest BCUT2D eigenvalue weighted by molar-refractivity contribution is 0.0651. The predicted octanol–water partition coefficient (Wildman–Crippen LogP) is 2.99. The van der Waals surface area contributed by atoms with Crippen molar-refractivity contribution in [3.05, 3.63) is 64.2 Å². The highest BCUT2D eigenvalue weighted by molar-refractivity contribution is 6.33. The molecular weight excluding hydrogens is 310 g/mol. The van der Waals surface area contributed by atoms with Crippen molar-refractivity contribution in [2.75, 3.05) is 5.32 Å². The highest BCUT2D eigenvalue weighted by Crippen LogP contribution is 2.21. The van der Waals surface area contributed by atoms with Gasteiger partial charge in [0.05, 0.1) is 21.8 Å². The molecule has 0 bridgehead atoms. The van der Waals surface area contributed by atoms with Gasteiger partial charge < -0.3 is 15.5 Å². The summed E-state index contributed by atoms with van der Waals surface area (Å²) in [6, 6.07) is 9.88. The molecule has 0 saturated carbocycles. The van der Waals surface area contributed by atoms with Crippen LogP contribution in [-0.4, -0.2) is 28.1 Å². The lowest BCUT2D eigenvalue weighted by Gasteiger charge is -2.08. The number of halogens is 1. The summed E-state index contributed by atoms with van der Waals surface area (Å²) in [7, 11) is 0. The first-order chi connectivity index (χ1) is 10.4. The van der Waals surface area contributed by atoms with E-state index in [0.717, 1.165) is 12.1 Å². The van der Waals surface area contributed by atoms with E-state index in [9.17, 15) is 14.4 Å². The number of hydrogen-bond donors (Lipinski definition) is 3. The molecule has 1 amide bonds. The Morgan fingerprint density at radius 1 is 0.909 bits per heavy atom. The van der Waals surface area contributed by atoms with Gasteiger partial charge >= 0.3 is 11.9 Å². The quantitative estimate of drug-likeness (QED) is 0.803. The van der Waals surface area contributed by atoms with Crippen LogP contribution < -0.4 is 5.32 Å². The molecule has 7 heteroatoms. The monoisotopic (exact) mass is 319 g/mol. The molecule has 0 aliphatic carbocycles. The summed E-state index contributed by atoms with van der Waals surface area (Å²) < 4.78 is 0. The number of carbonyl (C=O) groups excluding carboxylic acids is 1. The smallest absolute Gasteiger partial charge is 0.336 e. The summed E-state index contributed by atoms with van der Waals surface area (Å²) in [6.45, 7) is 0. The van der Waals surface area contributed by atoms with Gasteiger partial charge in [-0.05, 0) is 30.3 Å². The Hall–Kier alpha value is -2.86. The van der Waals surface area contributed by atoms with Crippen LogP contribution in [0.25, 0.3) is 0 Å². The number of rotatable bonds is 4. The lowest BCUT2D eigenvalue weighted by atomic mass is 10.0. The van der Waals surface area contributed by atoms with Crippen molar-refractivity contribution in [3.8, 4) is 0 Å². The molecule has 3 N–H and O–H groups in total. The molecule has 2 rings (SSSR count). The third-order valence-corrected chi connectivity index (χ3v) is 3.19. The zero-order chi connectivity index (χ0) is 16.3. The largest absolute Gasteiger partial charge is 0.478 e. The number of nitrogens with one attached hydrogen (secondary N) is 1. The van der Waals surface area contributed by atoms with E-state index >= 15 is 0 Å². The third kappa shape index (κ3) is 3.24. The summed E-state index contributed by atoms with van der Waals surface area (Å²) in [5.74, 6) is -3.40. The maximum absolute atomic E-state index is 12.1. The van der Waals surface area contributed by atoms with Crippen molar-refractivity contribution < 1.29 is 24.6 Å². The van der Waals surface area contributed by atoms with Crippen LogP contribution in [0.5, 0.6) is 0 Å². The van der Waals surface area contributed by atoms with Gasteiger partial charge in [-0.1, -0.05) is 23.7 Å². The van der Waals surface area contributed by atoms with Gasteiger partial charge in [-0.2, -0.15) is 0 Å². The van der Waals surface area contributed by atoms with Crippen molar-refractivity contribution in [1.82, 2.24) is 0 Å². The molecule has 0 fully saturated rings. The van der Waals surface area contributed by atoms with E-state index < -0.39 is 23.4 Å². The predicted molar refractivity (Wildman–Crippen MR) is 79.8 cm³/mol. The standard InChI is InChI=1S/C15H10ClNO5/c16-11-3-1-2-4-12(11)17-13(18)8-5-6-9(14(19)20)10(7-8)15(21)22/h1-7H,(H,17,18)(H,19,20)(H,21,22). The summed E-state index contributed by atoms with van der Waals surface area (Å²) >= 11 is 5.92. The maximum Gasteiger partial charge on any atom is 0.336 e. The first-order valence-corrected chi connectivity index (χ1v) is 6.44. The van der Waals surface area contributed by atoms with Crippen molar-refractivity contribution >= 4 is 35.1 Å². The van der Waals surface area contributed by atoms with Gasteiger partial charge in [0.15, 0.2) is 0 Å². The summed E-state index contributed by atoms with van der Waals surface area (Å²) in [5, 5.41) is 20.8. The summed E-state index contributed by atoms with van der Waals surface area (Å²) in [4.78, 5) is 34.2. The molecule has 0 unspecified atom stereocenters. The van der Waals surface area contributed by atoms with Gasteiger partial charge in [0.2, 0.25) is 0 Å². The molecule has 0 radical (unpaired) electrons. The van der Waals surface area contributed by atoms with Crippen molar-refractivity contribution in [2.45, 2.75) is 0 Å². The molecule has 0 aliphatic heterocycles. The minimum absolute atomic E-state index is 0.0160. The third-order valence-electron chi connectivity index (χ3n) is 2.86. The van der Waals surface area contributed by atoms with Crippen LogP contribution in [0.15, 0.2) is 42.5 Å². The minimum Gasteiger partial charge on any atom is -0.478 e. The second-order valence-electron chi connectivity index (χ2n) is 4.30. The molecule has 0 aromatic heterocycles. The van der Waals surface area contributed by atoms with Gasteiger partial charge in [0.25, 0.3) is 5.91 Å². The van der Waals surface area contributed by atoms with E-state index in [2.05, 4.69) is 5.32 Å². The van der Waals surface area contributed by atoms with Gasteiger partial charge in [0.1, 0.15) is 0 Å². The van der Waals surface area contributed by atoms with Crippen molar-refractivity contribution in [3.63, 3.8) is 0 Å². The molecular formula is C15H10ClNO5. The molecule has 0 atom stereocenters. The van der Waals surface area contributed by atoms with E-state index in [4.69, 9.17) is 21.8 Å². The fourth-order valence-corrected chi connectivity index (χ4v) is 1.99. The number of carboxylic acid groups (broad SMARTS) is 2. The first kappa shape index (κ1) is 15.5. The van der Waals surface area contributed by atoms with Crippen LogP contribution in [0, 0.1) is 0 Å². The first-order valence-electron chi connectivity index (χ1n) is 6.06. The number of carbonyl (C=O) groups is 3. The van der Waals surface area contributed by atoms with Crippen LogP contribution in [0.2, 0.25) is 5.02 Å². The van der Waals surface area contributed by atoms with Crippen LogP contribution in [0.4, 0.5) is 5.69 Å². The van der Waals surface area contributed by atoms with E-state index in [1.54, 1.807) is 24.3 Å². The second-order valence-corrected chi connectivity index (χ2v) is 4.71. The highest BCUT2D eigenvalue weighted by Gasteiger charge is 2.18. The second kappa shape index (κ2) is 6.28. The Bertz CT molecular complexity index is 772. The van der Waals surface area contributed by atoms with Crippen LogP contribution >= 0.6 is 11.6 Å². The minimum atomic E-state index is -1.43. The molecule has 2 aromatic carbocycles. The molecule has 22 heavy (non-hydrogen) atoms. The van der Waals surface area contributed by atoms with Crippen LogP contribution in [0.3, 0.4) is 0 Å². The zero-order valence-corrected chi connectivity index (χ0v) is 11.8. The number of amides is 1.